The molecule has 0 radical (unpaired) electrons. The van der Waals surface area contributed by atoms with Gasteiger partial charge in [-0.1, -0.05) is 0 Å². The number of nitrogens with two attached hydrogens (primary N) is 1. The molecule has 0 aromatic heterocycles. The van der Waals surface area contributed by atoms with Crippen molar-refractivity contribution < 1.29 is 23.0 Å². The van der Waals surface area contributed by atoms with Crippen molar-refractivity contribution in [2.24, 2.45) is 0 Å². The van der Waals surface area contributed by atoms with E-state index in [2.05, 4.69) is 45.2 Å². The van der Waals surface area contributed by atoms with Crippen molar-refractivity contribution in [3.8, 4) is 23.0 Å². The predicted octanol–water partition coefficient (Wildman–Crippen LogP) is 4.80. The molecular formula is C24H33NO4Si. The molecular weight excluding hydrogens is 394 g/mol. The molecule has 0 saturated carbocycles. The fourth-order valence-corrected chi connectivity index (χ4v) is 8.82. The molecule has 1 spiro atoms. The molecule has 0 bridgehead atoms. The summed E-state index contributed by atoms with van der Waals surface area (Å²) >= 11 is 0. The summed E-state index contributed by atoms with van der Waals surface area (Å²) in [6, 6.07) is 16.9. The van der Waals surface area contributed by atoms with Gasteiger partial charge in [0.1, 0.15) is 0 Å². The molecule has 2 heterocycles. The van der Waals surface area contributed by atoms with Gasteiger partial charge >= 0.3 is 135 Å². The van der Waals surface area contributed by atoms with Crippen LogP contribution < -0.4 is 23.0 Å². The minimum Gasteiger partial charge on any atom is -0.342 e. The van der Waals surface area contributed by atoms with Crippen LogP contribution in [0.5, 0.6) is 23.0 Å². The van der Waals surface area contributed by atoms with Gasteiger partial charge in [0, 0.05) is 0 Å². The zero-order valence-corrected chi connectivity index (χ0v) is 19.3. The number of fused-ring (bicyclic) bond motifs is 2. The molecule has 162 valence electrons. The third-order valence-corrected chi connectivity index (χ3v) is 9.79. The topological polar surface area (TPSA) is 53.5 Å². The van der Waals surface area contributed by atoms with E-state index in [9.17, 15) is 0 Å². The second-order valence-electron chi connectivity index (χ2n) is 8.93. The average Bonchev–Trinajstić information content (AvgIpc) is 3.23. The Morgan fingerprint density at radius 1 is 0.733 bits per heavy atom. The Labute approximate surface area is 179 Å². The number of quaternary nitrogens is 1. The second kappa shape index (κ2) is 8.00. The fraction of sp³-hybridized carbons (Fsp3) is 0.417. The maximum absolute atomic E-state index is 6.42. The van der Waals surface area contributed by atoms with Crippen LogP contribution in [0.15, 0.2) is 60.7 Å². The van der Waals surface area contributed by atoms with E-state index in [0.29, 0.717) is 23.0 Å². The zero-order valence-electron chi connectivity index (χ0n) is 18.3. The van der Waals surface area contributed by atoms with Crippen LogP contribution in [0.2, 0.25) is 5.54 Å². The van der Waals surface area contributed by atoms with Gasteiger partial charge in [0.2, 0.25) is 0 Å². The number of benzene rings is 2. The maximum Gasteiger partial charge on any atom is 0.0803 e. The summed E-state index contributed by atoms with van der Waals surface area (Å²) in [5.74, 6) is 2.85. The molecule has 0 saturated heterocycles. The molecule has 2 aromatic carbocycles. The Morgan fingerprint density at radius 2 is 1.17 bits per heavy atom. The van der Waals surface area contributed by atoms with Crippen LogP contribution >= 0.6 is 0 Å². The second-order valence-corrected chi connectivity index (χ2v) is 12.5. The smallest absolute Gasteiger partial charge is 0.0803 e. The van der Waals surface area contributed by atoms with Crippen LogP contribution in [0.25, 0.3) is 0 Å². The van der Waals surface area contributed by atoms with Gasteiger partial charge in [-0.25, -0.2) is 0 Å². The number of hydrogen-bond acceptors (Lipinski definition) is 4. The molecule has 0 fully saturated rings. The van der Waals surface area contributed by atoms with Crippen molar-refractivity contribution in [1.29, 1.82) is 0 Å². The third-order valence-electron chi connectivity index (χ3n) is 5.58. The van der Waals surface area contributed by atoms with E-state index in [-0.39, 0.29) is 5.54 Å². The van der Waals surface area contributed by atoms with E-state index in [1.165, 1.54) is 0 Å². The van der Waals surface area contributed by atoms with Gasteiger partial charge < -0.3 is 5.32 Å². The summed E-state index contributed by atoms with van der Waals surface area (Å²) in [4.78, 5) is 0. The molecule has 6 heteroatoms. The fourth-order valence-electron chi connectivity index (χ4n) is 4.48. The summed E-state index contributed by atoms with van der Waals surface area (Å²) in [5, 5.41) is 2.33. The van der Waals surface area contributed by atoms with Gasteiger partial charge in [0.25, 0.3) is 0 Å². The SMILES string of the molecule is C1=CCC([Si-]23(Oc4ccccc4O2)Oc2ccccc2O3)CC1.CC(C)[NH2+]C(C)C. The van der Waals surface area contributed by atoms with Crippen molar-refractivity contribution in [1.82, 2.24) is 0 Å². The maximum atomic E-state index is 6.42. The first-order valence-corrected chi connectivity index (χ1v) is 13.2. The van der Waals surface area contributed by atoms with Gasteiger partial charge in [-0.05, 0) is 27.7 Å². The first-order valence-electron chi connectivity index (χ1n) is 11.0. The standard InChI is InChI=1S/C18H17O4Si.C6H15N/c1-2-8-14(9-3-1)23(19-15-10-4-5-11-16(15)20-23)21-17-12-6-7-13-18(17)22-23;1-5(2)7-6(3)4/h1-2,4-7,10-14H,3,8-9H2;5-7H,1-4H3/q-1;/p+1. The Kier molecular flexibility index (Phi) is 5.55. The number of allylic oxidation sites excluding steroid dienone is 2. The van der Waals surface area contributed by atoms with Gasteiger partial charge in [0.05, 0.1) is 12.1 Å². The first kappa shape index (κ1) is 20.8. The number of rotatable bonds is 3. The molecule has 2 N–H and O–H groups in total. The molecule has 5 nitrogen and oxygen atoms in total. The molecule has 1 aliphatic carbocycles. The molecule has 3 aliphatic rings. The van der Waals surface area contributed by atoms with E-state index in [0.717, 1.165) is 31.3 Å². The van der Waals surface area contributed by atoms with Gasteiger partial charge in [-0.3, -0.25) is 0 Å². The monoisotopic (exact) mass is 427 g/mol. The summed E-state index contributed by atoms with van der Waals surface area (Å²) in [7, 11) is -4.09. The predicted molar refractivity (Wildman–Crippen MR) is 120 cm³/mol. The van der Waals surface area contributed by atoms with Gasteiger partial charge in [-0.2, -0.15) is 0 Å². The summed E-state index contributed by atoms with van der Waals surface area (Å²) in [6.45, 7) is 8.83. The van der Waals surface area contributed by atoms with E-state index in [1.807, 2.05) is 48.5 Å². The third kappa shape index (κ3) is 3.82. The minimum absolute atomic E-state index is 0.0831. The van der Waals surface area contributed by atoms with Crippen LogP contribution in [0.3, 0.4) is 0 Å². The van der Waals surface area contributed by atoms with Crippen LogP contribution in [0.4, 0.5) is 0 Å². The molecule has 5 rings (SSSR count). The largest absolute Gasteiger partial charge is 0.342 e. The molecule has 1 unspecified atom stereocenters. The summed E-state index contributed by atoms with van der Waals surface area (Å²) < 4.78 is 25.7. The van der Waals surface area contributed by atoms with Crippen LogP contribution in [-0.4, -0.2) is 20.4 Å². The zero-order chi connectivity index (χ0) is 21.2. The van der Waals surface area contributed by atoms with Crippen molar-refractivity contribution in [3.05, 3.63) is 60.7 Å². The molecule has 0 amide bonds. The van der Waals surface area contributed by atoms with Crippen molar-refractivity contribution in [2.75, 3.05) is 0 Å². The van der Waals surface area contributed by atoms with Crippen molar-refractivity contribution in [2.45, 2.75) is 64.6 Å². The molecule has 2 aliphatic heterocycles. The number of hydrogen-bond donors (Lipinski definition) is 1. The Hall–Kier alpha value is -2.44. The average molecular weight is 428 g/mol. The normalized spacial score (nSPS) is 23.0. The van der Waals surface area contributed by atoms with E-state index >= 15 is 0 Å². The quantitative estimate of drug-likeness (QED) is 0.565. The van der Waals surface area contributed by atoms with Gasteiger partial charge in [-0.15, -0.1) is 0 Å². The van der Waals surface area contributed by atoms with Gasteiger partial charge in [0.15, 0.2) is 0 Å². The van der Waals surface area contributed by atoms with E-state index in [4.69, 9.17) is 17.7 Å². The molecule has 2 aromatic rings. The van der Waals surface area contributed by atoms with Crippen LogP contribution in [0.1, 0.15) is 47.0 Å². The Balaban J connectivity index is 0.000000272. The van der Waals surface area contributed by atoms with Crippen molar-refractivity contribution >= 4 is 8.33 Å². The van der Waals surface area contributed by atoms with E-state index < -0.39 is 8.33 Å². The molecule has 1 atom stereocenters. The van der Waals surface area contributed by atoms with E-state index in [1.54, 1.807) is 0 Å². The number of para-hydroxylation sites is 4. The Morgan fingerprint density at radius 3 is 1.47 bits per heavy atom. The van der Waals surface area contributed by atoms with Crippen LogP contribution in [-0.2, 0) is 0 Å². The molecule has 30 heavy (non-hydrogen) atoms. The summed E-state index contributed by atoms with van der Waals surface area (Å²) in [6.07, 6.45) is 7.14. The minimum atomic E-state index is -4.09. The van der Waals surface area contributed by atoms with Crippen LogP contribution in [0, 0.1) is 0 Å². The van der Waals surface area contributed by atoms with Crippen molar-refractivity contribution in [3.63, 3.8) is 0 Å². The first-order chi connectivity index (χ1) is 14.4. The Bertz CT molecular complexity index is 808. The summed E-state index contributed by atoms with van der Waals surface area (Å²) in [5.41, 5.74) is 0.0831.